The number of carbonyl (C=O) groups excluding carboxylic acids is 3. The van der Waals surface area contributed by atoms with Crippen molar-refractivity contribution in [2.75, 3.05) is 13.1 Å². The average molecular weight is 645 g/mol. The number of amides is 3. The van der Waals surface area contributed by atoms with Crippen LogP contribution in [0.4, 0.5) is 13.2 Å². The molecule has 14 heteroatoms. The predicted octanol–water partition coefficient (Wildman–Crippen LogP) is 5.15. The Morgan fingerprint density at radius 3 is 2.40 bits per heavy atom. The van der Waals surface area contributed by atoms with E-state index < -0.39 is 17.8 Å². The smallest absolute Gasteiger partial charge is 0.349 e. The van der Waals surface area contributed by atoms with Crippen LogP contribution < -0.4 is 10.6 Å². The maximum Gasteiger partial charge on any atom is 0.433 e. The van der Waals surface area contributed by atoms with Gasteiger partial charge >= 0.3 is 6.18 Å². The number of aromatic nitrogens is 2. The number of aryl methyl sites for hydroxylation is 1. The van der Waals surface area contributed by atoms with Gasteiger partial charge in [0.25, 0.3) is 5.91 Å². The van der Waals surface area contributed by atoms with Crippen LogP contribution in [0.2, 0.25) is 0 Å². The molecule has 2 atom stereocenters. The number of pyridine rings is 2. The number of nitrogens with zero attached hydrogens (tertiary/aromatic N) is 3. The molecular weight excluding hydrogens is 614 g/mol. The maximum absolute atomic E-state index is 13.8. The normalized spacial score (nSPS) is 21.5. The van der Waals surface area contributed by atoms with Crippen molar-refractivity contribution in [3.63, 3.8) is 0 Å². The van der Waals surface area contributed by atoms with Crippen LogP contribution >= 0.6 is 36.2 Å². The third kappa shape index (κ3) is 5.38. The monoisotopic (exact) mass is 643 g/mol. The quantitative estimate of drug-likeness (QED) is 0.373. The van der Waals surface area contributed by atoms with E-state index in [4.69, 9.17) is 0 Å². The Balaban J connectivity index is 0.00000202. The van der Waals surface area contributed by atoms with Crippen molar-refractivity contribution < 1.29 is 27.6 Å². The first kappa shape index (κ1) is 32.1. The first-order chi connectivity index (χ1) is 18.9. The Labute approximate surface area is 256 Å². The fourth-order valence-electron chi connectivity index (χ4n) is 6.09. The lowest BCUT2D eigenvalue weighted by Crippen LogP contribution is -2.43. The zero-order chi connectivity index (χ0) is 28.6. The highest BCUT2D eigenvalue weighted by molar-refractivity contribution is 7.19. The second kappa shape index (κ2) is 11.4. The van der Waals surface area contributed by atoms with Crippen molar-refractivity contribution in [1.82, 2.24) is 25.5 Å². The van der Waals surface area contributed by atoms with Crippen LogP contribution in [-0.4, -0.2) is 51.7 Å². The van der Waals surface area contributed by atoms with Crippen LogP contribution in [-0.2, 0) is 22.3 Å². The maximum atomic E-state index is 13.8. The fraction of sp³-hybridized carbons (Fsp3) is 0.464. The molecule has 226 valence electrons. The fourth-order valence-corrected chi connectivity index (χ4v) is 7.21. The second-order valence-electron chi connectivity index (χ2n) is 11.4. The van der Waals surface area contributed by atoms with Crippen LogP contribution in [0.15, 0.2) is 24.4 Å². The van der Waals surface area contributed by atoms with Crippen LogP contribution in [0.1, 0.15) is 53.2 Å². The minimum Gasteiger partial charge on any atom is -0.349 e. The predicted molar refractivity (Wildman–Crippen MR) is 157 cm³/mol. The molecule has 2 aliphatic heterocycles. The highest BCUT2D eigenvalue weighted by atomic mass is 35.5. The molecule has 3 aromatic heterocycles. The molecule has 1 aliphatic carbocycles. The molecule has 2 unspecified atom stereocenters. The Hall–Kier alpha value is -2.80. The van der Waals surface area contributed by atoms with Gasteiger partial charge in [-0.15, -0.1) is 36.2 Å². The zero-order valence-corrected chi connectivity index (χ0v) is 25.5. The highest BCUT2D eigenvalue weighted by Crippen LogP contribution is 2.63. The summed E-state index contributed by atoms with van der Waals surface area (Å²) in [6, 6.07) is 4.08. The molecule has 0 aromatic carbocycles. The third-order valence-corrected chi connectivity index (χ3v) is 9.47. The summed E-state index contributed by atoms with van der Waals surface area (Å²) in [5, 5.41) is 6.20. The largest absolute Gasteiger partial charge is 0.433 e. The van der Waals surface area contributed by atoms with Gasteiger partial charge in [-0.25, -0.2) is 4.98 Å². The van der Waals surface area contributed by atoms with Gasteiger partial charge in [0.15, 0.2) is 0 Å². The van der Waals surface area contributed by atoms with Gasteiger partial charge in [-0.3, -0.25) is 24.3 Å². The lowest BCUT2D eigenvalue weighted by Gasteiger charge is -2.25. The number of alkyl halides is 3. The third-order valence-electron chi connectivity index (χ3n) is 8.33. The molecule has 2 saturated heterocycles. The first-order valence-corrected chi connectivity index (χ1v) is 14.0. The van der Waals surface area contributed by atoms with E-state index in [-0.39, 0.29) is 83.3 Å². The highest BCUT2D eigenvalue weighted by Gasteiger charge is 2.72. The lowest BCUT2D eigenvalue weighted by atomic mass is 9.98. The van der Waals surface area contributed by atoms with Crippen LogP contribution in [0, 0.1) is 24.2 Å². The van der Waals surface area contributed by atoms with Crippen LogP contribution in [0.5, 0.6) is 0 Å². The average Bonchev–Trinajstić information content (AvgIpc) is 3.13. The minimum atomic E-state index is -4.71. The van der Waals surface area contributed by atoms with Crippen molar-refractivity contribution in [2.24, 2.45) is 17.3 Å². The molecule has 6 rings (SSSR count). The topological polar surface area (TPSA) is 104 Å². The van der Waals surface area contributed by atoms with Gasteiger partial charge in [0.2, 0.25) is 11.8 Å². The van der Waals surface area contributed by atoms with Crippen molar-refractivity contribution in [1.29, 1.82) is 0 Å². The van der Waals surface area contributed by atoms with E-state index in [0.29, 0.717) is 20.7 Å². The van der Waals surface area contributed by atoms with Gasteiger partial charge in [-0.1, -0.05) is 13.8 Å². The Morgan fingerprint density at radius 2 is 1.79 bits per heavy atom. The van der Waals surface area contributed by atoms with Gasteiger partial charge in [0, 0.05) is 22.7 Å². The first-order valence-electron chi connectivity index (χ1n) is 13.2. The number of likely N-dealkylation sites (tertiary alicyclic amines) is 1. The summed E-state index contributed by atoms with van der Waals surface area (Å²) in [5.41, 5.74) is -0.400. The van der Waals surface area contributed by atoms with Crippen LogP contribution in [0.3, 0.4) is 0 Å². The van der Waals surface area contributed by atoms with Crippen molar-refractivity contribution in [3.05, 3.63) is 46.1 Å². The molecule has 0 spiro atoms. The summed E-state index contributed by atoms with van der Waals surface area (Å²) < 4.78 is 42.0. The molecule has 0 radical (unpaired) electrons. The number of thiophene rings is 1. The summed E-state index contributed by atoms with van der Waals surface area (Å²) in [6.07, 6.45) is -1.81. The standard InChI is InChI=1S/C28H28F3N5O3S.2ClH/c1-13-10-18(28(29,30)31)35-22(19(13)24(37)34-14-4-7-32-8-5-14)16-6-9-33-17-11-15(40-23(16)17)12-36-25(38)20-21(26(36)39)27(20,2)3;;/h6,9-11,14,20-21,32H,4-5,7-8,12H2,1-3H3,(H,34,37);2*1H. The number of rotatable bonds is 5. The van der Waals surface area contributed by atoms with Crippen molar-refractivity contribution in [2.45, 2.75) is 52.4 Å². The zero-order valence-electron chi connectivity index (χ0n) is 23.0. The molecule has 42 heavy (non-hydrogen) atoms. The Kier molecular flexibility index (Phi) is 8.69. The van der Waals surface area contributed by atoms with Gasteiger partial charge in [0.1, 0.15) is 5.69 Å². The number of fused-ring (bicyclic) bond motifs is 2. The molecule has 3 aliphatic rings. The number of hydrogen-bond donors (Lipinski definition) is 2. The van der Waals surface area contributed by atoms with Crippen molar-refractivity contribution in [3.8, 4) is 11.3 Å². The summed E-state index contributed by atoms with van der Waals surface area (Å²) in [6.45, 7) is 6.85. The van der Waals surface area contributed by atoms with Gasteiger partial charge in [0.05, 0.1) is 39.9 Å². The van der Waals surface area contributed by atoms with Crippen LogP contribution in [0.25, 0.3) is 21.5 Å². The molecule has 2 N–H and O–H groups in total. The molecule has 3 aromatic rings. The lowest BCUT2D eigenvalue weighted by molar-refractivity contribution is -0.144. The van der Waals surface area contributed by atoms with E-state index in [1.807, 2.05) is 13.8 Å². The Morgan fingerprint density at radius 1 is 1.14 bits per heavy atom. The SMILES string of the molecule is Cc1cc(C(F)(F)F)nc(-c2ccnc3cc(CN4C(=O)C5C(C4=O)C5(C)C)sc23)c1C(=O)NC1CCNCC1.Cl.Cl. The van der Waals surface area contributed by atoms with E-state index in [0.717, 1.165) is 32.0 Å². The molecule has 3 amide bonds. The molecule has 3 fully saturated rings. The van der Waals surface area contributed by atoms with E-state index in [1.165, 1.54) is 29.4 Å². The second-order valence-corrected chi connectivity index (χ2v) is 12.5. The molecular formula is C28H30Cl2F3N5O3S. The summed E-state index contributed by atoms with van der Waals surface area (Å²) >= 11 is 1.23. The molecule has 8 nitrogen and oxygen atoms in total. The number of nitrogens with one attached hydrogen (secondary N) is 2. The van der Waals surface area contributed by atoms with Crippen molar-refractivity contribution >= 4 is 64.1 Å². The van der Waals surface area contributed by atoms with Gasteiger partial charge in [-0.2, -0.15) is 13.2 Å². The van der Waals surface area contributed by atoms with E-state index in [1.54, 1.807) is 12.1 Å². The Bertz CT molecular complexity index is 1550. The number of halogens is 5. The molecule has 1 saturated carbocycles. The summed E-state index contributed by atoms with van der Waals surface area (Å²) in [7, 11) is 0. The van der Waals surface area contributed by atoms with E-state index >= 15 is 0 Å². The van der Waals surface area contributed by atoms with E-state index in [2.05, 4.69) is 20.6 Å². The summed E-state index contributed by atoms with van der Waals surface area (Å²) in [5.74, 6) is -1.48. The van der Waals surface area contributed by atoms with Gasteiger partial charge in [-0.05, 0) is 62.0 Å². The number of carbonyl (C=O) groups is 3. The number of piperidine rings is 2. The minimum absolute atomic E-state index is 0. The number of hydrogen-bond acceptors (Lipinski definition) is 7. The molecule has 5 heterocycles. The summed E-state index contributed by atoms with van der Waals surface area (Å²) in [4.78, 5) is 49.5. The van der Waals surface area contributed by atoms with Gasteiger partial charge < -0.3 is 10.6 Å². The molecule has 0 bridgehead atoms. The van der Waals surface area contributed by atoms with E-state index in [9.17, 15) is 27.6 Å². The number of imide groups is 1.